The van der Waals surface area contributed by atoms with E-state index in [0.29, 0.717) is 17.5 Å². The van der Waals surface area contributed by atoms with Gasteiger partial charge >= 0.3 is 5.97 Å². The van der Waals surface area contributed by atoms with Gasteiger partial charge < -0.3 is 19.5 Å². The van der Waals surface area contributed by atoms with Crippen molar-refractivity contribution in [3.63, 3.8) is 0 Å². The fourth-order valence-electron chi connectivity index (χ4n) is 1.84. The SMILES string of the molecule is O=C(O)CSc1nnc(CO)n1CC1CCCO1. The van der Waals surface area contributed by atoms with E-state index in [0.717, 1.165) is 31.2 Å². The van der Waals surface area contributed by atoms with E-state index in [9.17, 15) is 9.90 Å². The first-order valence-electron chi connectivity index (χ1n) is 5.70. The number of carboxylic acids is 1. The lowest BCUT2D eigenvalue weighted by atomic mass is 10.2. The van der Waals surface area contributed by atoms with Crippen molar-refractivity contribution >= 4 is 17.7 Å². The number of rotatable bonds is 6. The third-order valence-electron chi connectivity index (χ3n) is 2.67. The van der Waals surface area contributed by atoms with Crippen LogP contribution < -0.4 is 0 Å². The first kappa shape index (κ1) is 13.3. The Morgan fingerprint density at radius 1 is 1.56 bits per heavy atom. The Balaban J connectivity index is 2.08. The third kappa shape index (κ3) is 3.21. The number of aliphatic hydroxyl groups excluding tert-OH is 1. The van der Waals surface area contributed by atoms with Gasteiger partial charge in [0, 0.05) is 6.61 Å². The molecule has 1 saturated heterocycles. The van der Waals surface area contributed by atoms with Crippen LogP contribution in [0.3, 0.4) is 0 Å². The van der Waals surface area contributed by atoms with Crippen molar-refractivity contribution in [2.45, 2.75) is 37.3 Å². The van der Waals surface area contributed by atoms with Gasteiger partial charge in [0.25, 0.3) is 0 Å². The molecule has 1 unspecified atom stereocenters. The molecule has 1 atom stereocenters. The highest BCUT2D eigenvalue weighted by atomic mass is 32.2. The number of carboxylic acid groups (broad SMARTS) is 1. The second kappa shape index (κ2) is 6.17. The summed E-state index contributed by atoms with van der Waals surface area (Å²) in [5, 5.41) is 26.1. The van der Waals surface area contributed by atoms with Gasteiger partial charge in [-0.25, -0.2) is 0 Å². The number of thioether (sulfide) groups is 1. The lowest BCUT2D eigenvalue weighted by Gasteiger charge is -2.13. The number of ether oxygens (including phenoxy) is 1. The second-order valence-corrected chi connectivity index (χ2v) is 4.93. The summed E-state index contributed by atoms with van der Waals surface area (Å²) in [4.78, 5) is 10.6. The Morgan fingerprint density at radius 2 is 2.39 bits per heavy atom. The lowest BCUT2D eigenvalue weighted by Crippen LogP contribution is -2.18. The molecule has 100 valence electrons. The van der Waals surface area contributed by atoms with E-state index < -0.39 is 5.97 Å². The summed E-state index contributed by atoms with van der Waals surface area (Å²) >= 11 is 1.10. The van der Waals surface area contributed by atoms with Gasteiger partial charge in [-0.05, 0) is 12.8 Å². The predicted octanol–water partition coefficient (Wildman–Crippen LogP) is 0.126. The van der Waals surface area contributed by atoms with E-state index in [1.807, 2.05) is 0 Å². The van der Waals surface area contributed by atoms with E-state index in [2.05, 4.69) is 10.2 Å². The van der Waals surface area contributed by atoms with Crippen LogP contribution >= 0.6 is 11.8 Å². The quantitative estimate of drug-likeness (QED) is 0.711. The average molecular weight is 273 g/mol. The van der Waals surface area contributed by atoms with Crippen LogP contribution in [0.25, 0.3) is 0 Å². The molecular formula is C10H15N3O4S. The van der Waals surface area contributed by atoms with Crippen LogP contribution in [0.5, 0.6) is 0 Å². The number of carbonyl (C=O) groups is 1. The molecule has 0 radical (unpaired) electrons. The molecule has 2 N–H and O–H groups in total. The molecule has 0 amide bonds. The van der Waals surface area contributed by atoms with E-state index in [1.54, 1.807) is 4.57 Å². The van der Waals surface area contributed by atoms with Crippen molar-refractivity contribution in [3.8, 4) is 0 Å². The van der Waals surface area contributed by atoms with Gasteiger partial charge in [0.05, 0.1) is 18.4 Å². The number of aliphatic hydroxyl groups is 1. The maximum Gasteiger partial charge on any atom is 0.313 e. The molecule has 2 rings (SSSR count). The smallest absolute Gasteiger partial charge is 0.313 e. The zero-order chi connectivity index (χ0) is 13.0. The Kier molecular flexibility index (Phi) is 4.56. The van der Waals surface area contributed by atoms with Crippen LogP contribution in [-0.4, -0.2) is 49.4 Å². The van der Waals surface area contributed by atoms with Gasteiger partial charge in [0.15, 0.2) is 11.0 Å². The Labute approximate surface area is 108 Å². The first-order valence-corrected chi connectivity index (χ1v) is 6.68. The summed E-state index contributed by atoms with van der Waals surface area (Å²) in [5.74, 6) is -0.537. The minimum absolute atomic E-state index is 0.0743. The van der Waals surface area contributed by atoms with Crippen LogP contribution in [0.4, 0.5) is 0 Å². The fourth-order valence-corrected chi connectivity index (χ4v) is 2.53. The molecule has 2 heterocycles. The number of aliphatic carboxylic acids is 1. The molecule has 0 spiro atoms. The molecule has 1 aromatic heterocycles. The van der Waals surface area contributed by atoms with Gasteiger partial charge in [-0.2, -0.15) is 0 Å². The maximum atomic E-state index is 10.6. The summed E-state index contributed by atoms with van der Waals surface area (Å²) in [6, 6.07) is 0. The molecular weight excluding hydrogens is 258 g/mol. The van der Waals surface area contributed by atoms with Crippen molar-refractivity contribution in [2.75, 3.05) is 12.4 Å². The Hall–Kier alpha value is -1.12. The summed E-state index contributed by atoms with van der Waals surface area (Å²) in [6.45, 7) is 1.09. The van der Waals surface area contributed by atoms with Crippen molar-refractivity contribution < 1.29 is 19.7 Å². The lowest BCUT2D eigenvalue weighted by molar-refractivity contribution is -0.133. The number of aromatic nitrogens is 3. The van der Waals surface area contributed by atoms with E-state index in [-0.39, 0.29) is 18.5 Å². The standard InChI is InChI=1S/C10H15N3O4S/c14-5-8-11-12-10(18-6-9(15)16)13(8)4-7-2-1-3-17-7/h7,14H,1-6H2,(H,15,16). The molecule has 7 nitrogen and oxygen atoms in total. The molecule has 0 bridgehead atoms. The molecule has 1 aliphatic rings. The molecule has 0 aliphatic carbocycles. The number of nitrogens with zero attached hydrogens (tertiary/aromatic N) is 3. The van der Waals surface area contributed by atoms with E-state index in [1.165, 1.54) is 0 Å². The summed E-state index contributed by atoms with van der Waals surface area (Å²) < 4.78 is 7.26. The predicted molar refractivity (Wildman–Crippen MR) is 63.3 cm³/mol. The zero-order valence-corrected chi connectivity index (χ0v) is 10.6. The minimum atomic E-state index is -0.905. The second-order valence-electron chi connectivity index (χ2n) is 3.98. The van der Waals surface area contributed by atoms with E-state index >= 15 is 0 Å². The van der Waals surface area contributed by atoms with Crippen LogP contribution in [0.1, 0.15) is 18.7 Å². The van der Waals surface area contributed by atoms with Gasteiger partial charge in [-0.3, -0.25) is 4.79 Å². The number of hydrogen-bond acceptors (Lipinski definition) is 6. The third-order valence-corrected chi connectivity index (χ3v) is 3.62. The van der Waals surface area contributed by atoms with Crippen molar-refractivity contribution in [1.29, 1.82) is 0 Å². The highest BCUT2D eigenvalue weighted by Gasteiger charge is 2.21. The highest BCUT2D eigenvalue weighted by molar-refractivity contribution is 7.99. The monoisotopic (exact) mass is 273 g/mol. The van der Waals surface area contributed by atoms with Gasteiger partial charge in [-0.1, -0.05) is 11.8 Å². The largest absolute Gasteiger partial charge is 0.481 e. The molecule has 1 fully saturated rings. The molecule has 18 heavy (non-hydrogen) atoms. The molecule has 1 aromatic rings. The van der Waals surface area contributed by atoms with Gasteiger partial charge in [0.2, 0.25) is 0 Å². The van der Waals surface area contributed by atoms with Gasteiger partial charge in [0.1, 0.15) is 6.61 Å². The maximum absolute atomic E-state index is 10.6. The van der Waals surface area contributed by atoms with Crippen LogP contribution in [0, 0.1) is 0 Å². The highest BCUT2D eigenvalue weighted by Crippen LogP contribution is 2.21. The normalized spacial score (nSPS) is 19.3. The van der Waals surface area contributed by atoms with Crippen LogP contribution in [0.2, 0.25) is 0 Å². The molecule has 8 heteroatoms. The topological polar surface area (TPSA) is 97.5 Å². The summed E-state index contributed by atoms with van der Waals surface area (Å²) in [5.41, 5.74) is 0. The molecule has 0 aromatic carbocycles. The molecule has 0 saturated carbocycles. The van der Waals surface area contributed by atoms with Crippen molar-refractivity contribution in [1.82, 2.24) is 14.8 Å². The Bertz CT molecular complexity index is 417. The van der Waals surface area contributed by atoms with Crippen LogP contribution in [-0.2, 0) is 22.7 Å². The average Bonchev–Trinajstić information content (AvgIpc) is 2.97. The van der Waals surface area contributed by atoms with Gasteiger partial charge in [-0.15, -0.1) is 10.2 Å². The first-order chi connectivity index (χ1) is 8.70. The minimum Gasteiger partial charge on any atom is -0.481 e. The summed E-state index contributed by atoms with van der Waals surface area (Å²) in [6.07, 6.45) is 2.08. The summed E-state index contributed by atoms with van der Waals surface area (Å²) in [7, 11) is 0. The molecule has 1 aliphatic heterocycles. The number of hydrogen-bond donors (Lipinski definition) is 2. The van der Waals surface area contributed by atoms with E-state index in [4.69, 9.17) is 9.84 Å². The fraction of sp³-hybridized carbons (Fsp3) is 0.700. The Morgan fingerprint density at radius 3 is 3.00 bits per heavy atom. The van der Waals surface area contributed by atoms with Crippen molar-refractivity contribution in [3.05, 3.63) is 5.82 Å². The van der Waals surface area contributed by atoms with Crippen molar-refractivity contribution in [2.24, 2.45) is 0 Å². The van der Waals surface area contributed by atoms with Crippen LogP contribution in [0.15, 0.2) is 5.16 Å². The zero-order valence-electron chi connectivity index (χ0n) is 9.78.